The van der Waals surface area contributed by atoms with Crippen LogP contribution in [0.4, 0.5) is 16.2 Å². The van der Waals surface area contributed by atoms with E-state index in [2.05, 4.69) is 10.6 Å². The van der Waals surface area contributed by atoms with Gasteiger partial charge in [0.2, 0.25) is 0 Å². The number of ether oxygens (including phenoxy) is 1. The maximum atomic E-state index is 12.2. The summed E-state index contributed by atoms with van der Waals surface area (Å²) in [5, 5.41) is 5.22. The van der Waals surface area contributed by atoms with Crippen LogP contribution in [0.5, 0.6) is 5.75 Å². The van der Waals surface area contributed by atoms with Crippen LogP contribution in [0.1, 0.15) is 15.9 Å². The molecular weight excluding hydrogens is 282 g/mol. The van der Waals surface area contributed by atoms with Crippen molar-refractivity contribution in [2.24, 2.45) is 5.73 Å². The number of carbonyl (C=O) groups is 2. The Morgan fingerprint density at radius 2 is 1.59 bits per heavy atom. The van der Waals surface area contributed by atoms with Crippen molar-refractivity contribution in [2.45, 2.75) is 6.92 Å². The van der Waals surface area contributed by atoms with Gasteiger partial charge in [-0.25, -0.2) is 4.79 Å². The molecule has 0 radical (unpaired) electrons. The van der Waals surface area contributed by atoms with Crippen LogP contribution in [0.2, 0.25) is 0 Å². The number of nitrogens with one attached hydrogen (secondary N) is 2. The van der Waals surface area contributed by atoms with Crippen molar-refractivity contribution < 1.29 is 14.3 Å². The molecule has 6 nitrogen and oxygen atoms in total. The predicted molar refractivity (Wildman–Crippen MR) is 85.3 cm³/mol. The summed E-state index contributed by atoms with van der Waals surface area (Å²) >= 11 is 0. The highest BCUT2D eigenvalue weighted by atomic mass is 16.5. The van der Waals surface area contributed by atoms with Crippen molar-refractivity contribution in [3.05, 3.63) is 53.6 Å². The van der Waals surface area contributed by atoms with Gasteiger partial charge < -0.3 is 21.1 Å². The van der Waals surface area contributed by atoms with Crippen LogP contribution in [-0.2, 0) is 0 Å². The quantitative estimate of drug-likeness (QED) is 0.810. The Morgan fingerprint density at radius 3 is 2.14 bits per heavy atom. The number of nitrogens with two attached hydrogens (primary N) is 1. The molecule has 22 heavy (non-hydrogen) atoms. The second-order valence-corrected chi connectivity index (χ2v) is 4.71. The Kier molecular flexibility index (Phi) is 4.63. The Morgan fingerprint density at radius 1 is 1.00 bits per heavy atom. The predicted octanol–water partition coefficient (Wildman–Crippen LogP) is 2.75. The van der Waals surface area contributed by atoms with Crippen LogP contribution in [-0.4, -0.2) is 19.0 Å². The molecule has 0 saturated heterocycles. The zero-order valence-corrected chi connectivity index (χ0v) is 12.3. The van der Waals surface area contributed by atoms with Gasteiger partial charge in [-0.3, -0.25) is 4.79 Å². The van der Waals surface area contributed by atoms with E-state index in [4.69, 9.17) is 10.5 Å². The number of hydrogen-bond acceptors (Lipinski definition) is 3. The molecule has 2 aromatic carbocycles. The van der Waals surface area contributed by atoms with Crippen molar-refractivity contribution in [2.75, 3.05) is 17.7 Å². The van der Waals surface area contributed by atoms with Crippen LogP contribution in [0.15, 0.2) is 42.5 Å². The average molecular weight is 299 g/mol. The molecule has 2 aromatic rings. The molecule has 4 N–H and O–H groups in total. The summed E-state index contributed by atoms with van der Waals surface area (Å²) in [5.74, 6) is 0.419. The monoisotopic (exact) mass is 299 g/mol. The fourth-order valence-electron chi connectivity index (χ4n) is 1.94. The van der Waals surface area contributed by atoms with Crippen LogP contribution < -0.4 is 21.1 Å². The van der Waals surface area contributed by atoms with Crippen molar-refractivity contribution in [3.8, 4) is 5.75 Å². The van der Waals surface area contributed by atoms with Crippen LogP contribution >= 0.6 is 0 Å². The first-order valence-electron chi connectivity index (χ1n) is 6.62. The van der Waals surface area contributed by atoms with Crippen molar-refractivity contribution in [1.82, 2.24) is 0 Å². The first-order valence-corrected chi connectivity index (χ1v) is 6.62. The number of aryl methyl sites for hydroxylation is 1. The normalized spacial score (nSPS) is 9.91. The van der Waals surface area contributed by atoms with Gasteiger partial charge in [0.05, 0.1) is 7.11 Å². The summed E-state index contributed by atoms with van der Waals surface area (Å²) in [6, 6.07) is 11.3. The molecule has 3 amide bonds. The highest BCUT2D eigenvalue weighted by Crippen LogP contribution is 2.20. The van der Waals surface area contributed by atoms with E-state index in [1.54, 1.807) is 43.5 Å². The van der Waals surface area contributed by atoms with Crippen LogP contribution in [0, 0.1) is 6.92 Å². The van der Waals surface area contributed by atoms with Gasteiger partial charge in [0.25, 0.3) is 5.91 Å². The summed E-state index contributed by atoms with van der Waals surface area (Å²) < 4.78 is 5.21. The molecule has 0 aliphatic rings. The minimum Gasteiger partial charge on any atom is -0.496 e. The van der Waals surface area contributed by atoms with Gasteiger partial charge in [-0.2, -0.15) is 0 Å². The number of methoxy groups -OCH3 is 1. The summed E-state index contributed by atoms with van der Waals surface area (Å²) in [5.41, 5.74) is 7.66. The number of primary amides is 1. The third kappa shape index (κ3) is 3.76. The summed E-state index contributed by atoms with van der Waals surface area (Å²) in [4.78, 5) is 22.9. The molecule has 0 saturated carbocycles. The average Bonchev–Trinajstić information content (AvgIpc) is 2.49. The molecule has 0 unspecified atom stereocenters. The summed E-state index contributed by atoms with van der Waals surface area (Å²) in [6.07, 6.45) is 0. The van der Waals surface area contributed by atoms with Gasteiger partial charge in [-0.05, 0) is 48.9 Å². The first kappa shape index (κ1) is 15.4. The largest absolute Gasteiger partial charge is 0.496 e. The van der Waals surface area contributed by atoms with E-state index in [1.165, 1.54) is 0 Å². The second kappa shape index (κ2) is 6.62. The Bertz CT molecular complexity index is 696. The Balaban J connectivity index is 2.10. The van der Waals surface area contributed by atoms with E-state index in [-0.39, 0.29) is 5.91 Å². The molecule has 0 aromatic heterocycles. The zero-order chi connectivity index (χ0) is 16.1. The van der Waals surface area contributed by atoms with Gasteiger partial charge >= 0.3 is 6.03 Å². The van der Waals surface area contributed by atoms with Crippen molar-refractivity contribution in [1.29, 1.82) is 0 Å². The highest BCUT2D eigenvalue weighted by molar-refractivity contribution is 6.04. The zero-order valence-electron chi connectivity index (χ0n) is 12.3. The lowest BCUT2D eigenvalue weighted by atomic mass is 10.1. The third-order valence-electron chi connectivity index (χ3n) is 3.08. The molecule has 0 bridgehead atoms. The SMILES string of the molecule is COc1cc(C(=O)Nc2ccc(NC(N)=O)cc2)ccc1C. The summed E-state index contributed by atoms with van der Waals surface area (Å²) in [7, 11) is 1.56. The van der Waals surface area contributed by atoms with Gasteiger partial charge in [0.1, 0.15) is 5.75 Å². The van der Waals surface area contributed by atoms with E-state index in [0.717, 1.165) is 5.56 Å². The number of anilines is 2. The molecule has 0 fully saturated rings. The smallest absolute Gasteiger partial charge is 0.316 e. The molecular formula is C16H17N3O3. The molecule has 6 heteroatoms. The van der Waals surface area contributed by atoms with E-state index >= 15 is 0 Å². The number of amides is 3. The van der Waals surface area contributed by atoms with Gasteiger partial charge in [0, 0.05) is 16.9 Å². The standard InChI is InChI=1S/C16H17N3O3/c1-10-3-4-11(9-14(10)22-2)15(20)18-12-5-7-13(8-6-12)19-16(17)21/h3-9H,1-2H3,(H,18,20)(H3,17,19,21). The molecule has 0 spiro atoms. The van der Waals surface area contributed by atoms with E-state index in [1.807, 2.05) is 13.0 Å². The molecule has 0 atom stereocenters. The van der Waals surface area contributed by atoms with Crippen molar-refractivity contribution >= 4 is 23.3 Å². The van der Waals surface area contributed by atoms with Crippen LogP contribution in [0.3, 0.4) is 0 Å². The molecule has 114 valence electrons. The molecule has 0 heterocycles. The lowest BCUT2D eigenvalue weighted by molar-refractivity contribution is 0.102. The van der Waals surface area contributed by atoms with E-state index in [9.17, 15) is 9.59 Å². The first-order chi connectivity index (χ1) is 10.5. The number of rotatable bonds is 4. The van der Waals surface area contributed by atoms with E-state index in [0.29, 0.717) is 22.7 Å². The number of hydrogen-bond donors (Lipinski definition) is 3. The fraction of sp³-hybridized carbons (Fsp3) is 0.125. The van der Waals surface area contributed by atoms with Gasteiger partial charge in [0.15, 0.2) is 0 Å². The van der Waals surface area contributed by atoms with Gasteiger partial charge in [-0.15, -0.1) is 0 Å². The minimum atomic E-state index is -0.636. The molecule has 0 aliphatic carbocycles. The topological polar surface area (TPSA) is 93.4 Å². The molecule has 2 rings (SSSR count). The minimum absolute atomic E-state index is 0.242. The fourth-order valence-corrected chi connectivity index (χ4v) is 1.94. The lowest BCUT2D eigenvalue weighted by Gasteiger charge is -2.09. The van der Waals surface area contributed by atoms with Crippen LogP contribution in [0.25, 0.3) is 0 Å². The number of benzene rings is 2. The Labute approximate surface area is 128 Å². The maximum Gasteiger partial charge on any atom is 0.316 e. The number of carbonyl (C=O) groups excluding carboxylic acids is 2. The lowest BCUT2D eigenvalue weighted by Crippen LogP contribution is -2.19. The third-order valence-corrected chi connectivity index (χ3v) is 3.08. The van der Waals surface area contributed by atoms with Gasteiger partial charge in [-0.1, -0.05) is 6.07 Å². The summed E-state index contributed by atoms with van der Waals surface area (Å²) in [6.45, 7) is 1.91. The Hall–Kier alpha value is -3.02. The van der Waals surface area contributed by atoms with Crippen molar-refractivity contribution in [3.63, 3.8) is 0 Å². The highest BCUT2D eigenvalue weighted by Gasteiger charge is 2.09. The maximum absolute atomic E-state index is 12.2. The second-order valence-electron chi connectivity index (χ2n) is 4.71. The van der Waals surface area contributed by atoms with E-state index < -0.39 is 6.03 Å². The number of urea groups is 1. The molecule has 0 aliphatic heterocycles.